The van der Waals surface area contributed by atoms with Crippen molar-refractivity contribution in [3.05, 3.63) is 29.3 Å². The van der Waals surface area contributed by atoms with Gasteiger partial charge in [0, 0.05) is 24.8 Å². The first-order chi connectivity index (χ1) is 7.70. The second kappa shape index (κ2) is 4.88. The first-order valence-corrected chi connectivity index (χ1v) is 6.23. The standard InChI is InChI=1S/C14H22N2/c1-11-5-4-6-14(13(11)3)16-10-9-15-8-7-12(16)2/h4-6,12,15H,7-10H2,1-3H3. The maximum Gasteiger partial charge on any atom is 0.0401 e. The fourth-order valence-electron chi connectivity index (χ4n) is 2.42. The predicted octanol–water partition coefficient (Wildman–Crippen LogP) is 2.49. The van der Waals surface area contributed by atoms with Gasteiger partial charge in [0.15, 0.2) is 0 Å². The van der Waals surface area contributed by atoms with Crippen LogP contribution in [0.15, 0.2) is 18.2 Å². The molecule has 1 aromatic rings. The van der Waals surface area contributed by atoms with Crippen LogP contribution in [0.5, 0.6) is 0 Å². The van der Waals surface area contributed by atoms with E-state index in [1.807, 2.05) is 0 Å². The molecule has 2 rings (SSSR count). The number of hydrogen-bond acceptors (Lipinski definition) is 2. The highest BCUT2D eigenvalue weighted by molar-refractivity contribution is 5.56. The number of nitrogens with zero attached hydrogens (tertiary/aromatic N) is 1. The maximum atomic E-state index is 3.47. The number of aryl methyl sites for hydroxylation is 1. The Kier molecular flexibility index (Phi) is 3.49. The second-order valence-electron chi connectivity index (χ2n) is 4.80. The fraction of sp³-hybridized carbons (Fsp3) is 0.571. The van der Waals surface area contributed by atoms with E-state index in [9.17, 15) is 0 Å². The van der Waals surface area contributed by atoms with Crippen LogP contribution in [0.25, 0.3) is 0 Å². The van der Waals surface area contributed by atoms with Crippen molar-refractivity contribution in [2.75, 3.05) is 24.5 Å². The zero-order valence-electron chi connectivity index (χ0n) is 10.6. The first kappa shape index (κ1) is 11.5. The monoisotopic (exact) mass is 218 g/mol. The number of benzene rings is 1. The molecule has 16 heavy (non-hydrogen) atoms. The van der Waals surface area contributed by atoms with E-state index in [4.69, 9.17) is 0 Å². The van der Waals surface area contributed by atoms with Gasteiger partial charge in [0.1, 0.15) is 0 Å². The Hall–Kier alpha value is -1.02. The minimum atomic E-state index is 0.635. The molecule has 0 saturated carbocycles. The van der Waals surface area contributed by atoms with Crippen LogP contribution in [-0.2, 0) is 0 Å². The van der Waals surface area contributed by atoms with Crippen LogP contribution >= 0.6 is 0 Å². The summed E-state index contributed by atoms with van der Waals surface area (Å²) in [7, 11) is 0. The van der Waals surface area contributed by atoms with Gasteiger partial charge in [-0.05, 0) is 50.9 Å². The maximum absolute atomic E-state index is 3.47. The quantitative estimate of drug-likeness (QED) is 0.779. The van der Waals surface area contributed by atoms with Crippen LogP contribution in [0, 0.1) is 13.8 Å². The van der Waals surface area contributed by atoms with Crippen LogP contribution < -0.4 is 10.2 Å². The van der Waals surface area contributed by atoms with E-state index in [0.29, 0.717) is 6.04 Å². The summed E-state index contributed by atoms with van der Waals surface area (Å²) in [5.41, 5.74) is 4.23. The van der Waals surface area contributed by atoms with Crippen molar-refractivity contribution < 1.29 is 0 Å². The number of hydrogen-bond donors (Lipinski definition) is 1. The molecular formula is C14H22N2. The summed E-state index contributed by atoms with van der Waals surface area (Å²) in [6, 6.07) is 7.25. The Balaban J connectivity index is 2.30. The highest BCUT2D eigenvalue weighted by Gasteiger charge is 2.18. The summed E-state index contributed by atoms with van der Waals surface area (Å²) < 4.78 is 0. The molecule has 0 aromatic heterocycles. The van der Waals surface area contributed by atoms with Crippen LogP contribution in [0.3, 0.4) is 0 Å². The molecule has 0 bridgehead atoms. The molecule has 1 saturated heterocycles. The fourth-order valence-corrected chi connectivity index (χ4v) is 2.42. The van der Waals surface area contributed by atoms with Crippen molar-refractivity contribution in [1.29, 1.82) is 0 Å². The number of nitrogens with one attached hydrogen (secondary N) is 1. The van der Waals surface area contributed by atoms with Gasteiger partial charge in [0.05, 0.1) is 0 Å². The lowest BCUT2D eigenvalue weighted by molar-refractivity contribution is 0.630. The van der Waals surface area contributed by atoms with Gasteiger partial charge < -0.3 is 10.2 Å². The van der Waals surface area contributed by atoms with E-state index in [2.05, 4.69) is 49.2 Å². The predicted molar refractivity (Wildman–Crippen MR) is 70.2 cm³/mol. The second-order valence-corrected chi connectivity index (χ2v) is 4.80. The average Bonchev–Trinajstić information content (AvgIpc) is 2.47. The molecule has 0 spiro atoms. The van der Waals surface area contributed by atoms with E-state index in [0.717, 1.165) is 19.6 Å². The molecule has 1 fully saturated rings. The number of anilines is 1. The van der Waals surface area contributed by atoms with Gasteiger partial charge in [-0.1, -0.05) is 12.1 Å². The Bertz CT molecular complexity index is 360. The van der Waals surface area contributed by atoms with Crippen molar-refractivity contribution in [3.8, 4) is 0 Å². The van der Waals surface area contributed by atoms with Gasteiger partial charge in [0.2, 0.25) is 0 Å². The Morgan fingerprint density at radius 2 is 2.06 bits per heavy atom. The Morgan fingerprint density at radius 3 is 2.88 bits per heavy atom. The Morgan fingerprint density at radius 1 is 1.25 bits per heavy atom. The van der Waals surface area contributed by atoms with Crippen molar-refractivity contribution in [3.63, 3.8) is 0 Å². The highest BCUT2D eigenvalue weighted by atomic mass is 15.2. The molecule has 1 heterocycles. The summed E-state index contributed by atoms with van der Waals surface area (Å²) >= 11 is 0. The molecule has 0 aliphatic carbocycles. The van der Waals surface area contributed by atoms with Gasteiger partial charge in [-0.15, -0.1) is 0 Å². The molecule has 1 N–H and O–H groups in total. The van der Waals surface area contributed by atoms with Crippen molar-refractivity contribution in [1.82, 2.24) is 5.32 Å². The topological polar surface area (TPSA) is 15.3 Å². The van der Waals surface area contributed by atoms with Crippen molar-refractivity contribution >= 4 is 5.69 Å². The first-order valence-electron chi connectivity index (χ1n) is 6.23. The Labute approximate surface area is 98.7 Å². The van der Waals surface area contributed by atoms with E-state index in [1.165, 1.54) is 23.2 Å². The molecule has 0 radical (unpaired) electrons. The minimum absolute atomic E-state index is 0.635. The summed E-state index contributed by atoms with van der Waals surface area (Å²) in [4.78, 5) is 2.54. The van der Waals surface area contributed by atoms with Gasteiger partial charge in [-0.3, -0.25) is 0 Å². The molecule has 1 aliphatic heterocycles. The van der Waals surface area contributed by atoms with E-state index in [1.54, 1.807) is 0 Å². The van der Waals surface area contributed by atoms with Crippen LogP contribution in [0.2, 0.25) is 0 Å². The third kappa shape index (κ3) is 2.22. The molecule has 2 heteroatoms. The van der Waals surface area contributed by atoms with Crippen LogP contribution in [0.4, 0.5) is 5.69 Å². The molecule has 1 unspecified atom stereocenters. The smallest absolute Gasteiger partial charge is 0.0401 e. The summed E-state index contributed by atoms with van der Waals surface area (Å²) in [6.07, 6.45) is 1.23. The molecule has 0 amide bonds. The van der Waals surface area contributed by atoms with Crippen molar-refractivity contribution in [2.45, 2.75) is 33.2 Å². The van der Waals surface area contributed by atoms with E-state index >= 15 is 0 Å². The SMILES string of the molecule is Cc1cccc(N2CCNCCC2C)c1C. The van der Waals surface area contributed by atoms with E-state index < -0.39 is 0 Å². The van der Waals surface area contributed by atoms with Crippen molar-refractivity contribution in [2.24, 2.45) is 0 Å². The van der Waals surface area contributed by atoms with Crippen LogP contribution in [0.1, 0.15) is 24.5 Å². The highest BCUT2D eigenvalue weighted by Crippen LogP contribution is 2.25. The zero-order valence-corrected chi connectivity index (χ0v) is 10.6. The lowest BCUT2D eigenvalue weighted by Crippen LogP contribution is -2.34. The molecule has 88 valence electrons. The van der Waals surface area contributed by atoms with Gasteiger partial charge >= 0.3 is 0 Å². The van der Waals surface area contributed by atoms with Gasteiger partial charge in [-0.25, -0.2) is 0 Å². The summed E-state index contributed by atoms with van der Waals surface area (Å²) in [5.74, 6) is 0. The van der Waals surface area contributed by atoms with Gasteiger partial charge in [-0.2, -0.15) is 0 Å². The summed E-state index contributed by atoms with van der Waals surface area (Å²) in [6.45, 7) is 10.1. The van der Waals surface area contributed by atoms with E-state index in [-0.39, 0.29) is 0 Å². The third-order valence-electron chi connectivity index (χ3n) is 3.69. The lowest BCUT2D eigenvalue weighted by Gasteiger charge is -2.31. The zero-order chi connectivity index (χ0) is 11.5. The minimum Gasteiger partial charge on any atom is -0.367 e. The molecule has 1 aromatic carbocycles. The lowest BCUT2D eigenvalue weighted by atomic mass is 10.1. The summed E-state index contributed by atoms with van der Waals surface area (Å²) in [5, 5.41) is 3.47. The molecule has 1 atom stereocenters. The van der Waals surface area contributed by atoms with Crippen LogP contribution in [-0.4, -0.2) is 25.7 Å². The molecule has 2 nitrogen and oxygen atoms in total. The average molecular weight is 218 g/mol. The third-order valence-corrected chi connectivity index (χ3v) is 3.69. The molecular weight excluding hydrogens is 196 g/mol. The van der Waals surface area contributed by atoms with Gasteiger partial charge in [0.25, 0.3) is 0 Å². The number of rotatable bonds is 1. The largest absolute Gasteiger partial charge is 0.367 e. The molecule has 1 aliphatic rings. The normalized spacial score (nSPS) is 21.9.